The van der Waals surface area contributed by atoms with Crippen molar-refractivity contribution >= 4 is 28.1 Å². The summed E-state index contributed by atoms with van der Waals surface area (Å²) in [5.74, 6) is 0.332. The topological polar surface area (TPSA) is 92.5 Å². The number of rotatable bonds is 3. The Kier molecular flexibility index (Phi) is 5.54. The SMILES string of the molecule is Cc1cc([N+](=O)[O-])cc(S(=O)(=O)N2CCC3NCCC3C2)c1C.Cl. The highest BCUT2D eigenvalue weighted by Crippen LogP contribution is 2.32. The van der Waals surface area contributed by atoms with Gasteiger partial charge in [-0.15, -0.1) is 12.4 Å². The second kappa shape index (κ2) is 6.95. The van der Waals surface area contributed by atoms with E-state index in [-0.39, 0.29) is 23.0 Å². The third-order valence-corrected chi connectivity index (χ3v) is 7.04. The molecule has 2 heterocycles. The fourth-order valence-electron chi connectivity index (χ4n) is 3.55. The number of piperidine rings is 1. The average Bonchev–Trinajstić information content (AvgIpc) is 2.96. The second-order valence-corrected chi connectivity index (χ2v) is 8.31. The van der Waals surface area contributed by atoms with E-state index in [0.29, 0.717) is 36.2 Å². The van der Waals surface area contributed by atoms with Crippen LogP contribution in [-0.4, -0.2) is 43.3 Å². The highest BCUT2D eigenvalue weighted by atomic mass is 35.5. The third-order valence-electron chi connectivity index (χ3n) is 5.05. The summed E-state index contributed by atoms with van der Waals surface area (Å²) in [5, 5.41) is 14.5. The van der Waals surface area contributed by atoms with Crippen LogP contribution in [-0.2, 0) is 10.0 Å². The van der Waals surface area contributed by atoms with Gasteiger partial charge in [-0.3, -0.25) is 10.1 Å². The monoisotopic (exact) mass is 375 g/mol. The maximum atomic E-state index is 13.0. The van der Waals surface area contributed by atoms with Crippen molar-refractivity contribution in [2.45, 2.75) is 37.6 Å². The van der Waals surface area contributed by atoms with Gasteiger partial charge < -0.3 is 5.32 Å². The van der Waals surface area contributed by atoms with E-state index in [1.807, 2.05) is 0 Å². The molecule has 1 aromatic carbocycles. The van der Waals surface area contributed by atoms with Gasteiger partial charge in [0.25, 0.3) is 5.69 Å². The van der Waals surface area contributed by atoms with Crippen LogP contribution >= 0.6 is 12.4 Å². The summed E-state index contributed by atoms with van der Waals surface area (Å²) < 4.78 is 27.5. The number of halogens is 1. The van der Waals surface area contributed by atoms with Crippen molar-refractivity contribution in [2.75, 3.05) is 19.6 Å². The number of non-ortho nitro benzene ring substituents is 1. The van der Waals surface area contributed by atoms with E-state index in [9.17, 15) is 18.5 Å². The molecule has 0 aromatic heterocycles. The Morgan fingerprint density at radius 2 is 2.00 bits per heavy atom. The summed E-state index contributed by atoms with van der Waals surface area (Å²) in [7, 11) is -3.71. The van der Waals surface area contributed by atoms with Gasteiger partial charge in [-0.25, -0.2) is 8.42 Å². The van der Waals surface area contributed by atoms with Crippen molar-refractivity contribution in [1.29, 1.82) is 0 Å². The maximum Gasteiger partial charge on any atom is 0.271 e. The van der Waals surface area contributed by atoms with E-state index in [4.69, 9.17) is 0 Å². The first-order valence-electron chi connectivity index (χ1n) is 7.80. The fraction of sp³-hybridized carbons (Fsp3) is 0.600. The molecule has 3 rings (SSSR count). The molecule has 2 unspecified atom stereocenters. The molecule has 9 heteroatoms. The average molecular weight is 376 g/mol. The number of nitro groups is 1. The molecule has 0 bridgehead atoms. The van der Waals surface area contributed by atoms with Crippen molar-refractivity contribution < 1.29 is 13.3 Å². The smallest absolute Gasteiger partial charge is 0.271 e. The van der Waals surface area contributed by atoms with E-state index in [0.717, 1.165) is 19.4 Å². The molecule has 2 aliphatic rings. The molecule has 1 aromatic rings. The maximum absolute atomic E-state index is 13.0. The molecule has 2 aliphatic heterocycles. The molecular formula is C15H22ClN3O4S. The minimum Gasteiger partial charge on any atom is -0.314 e. The van der Waals surface area contributed by atoms with E-state index >= 15 is 0 Å². The molecule has 2 atom stereocenters. The highest BCUT2D eigenvalue weighted by Gasteiger charge is 2.38. The lowest BCUT2D eigenvalue weighted by atomic mass is 9.95. The Balaban J connectivity index is 0.00000208. The number of aryl methyl sites for hydroxylation is 1. The van der Waals surface area contributed by atoms with Gasteiger partial charge in [-0.1, -0.05) is 0 Å². The zero-order valence-electron chi connectivity index (χ0n) is 13.7. The first-order valence-corrected chi connectivity index (χ1v) is 9.24. The first-order chi connectivity index (χ1) is 10.8. The molecule has 1 N–H and O–H groups in total. The highest BCUT2D eigenvalue weighted by molar-refractivity contribution is 7.89. The zero-order valence-corrected chi connectivity index (χ0v) is 15.3. The molecule has 0 amide bonds. The van der Waals surface area contributed by atoms with E-state index in [1.165, 1.54) is 16.4 Å². The summed E-state index contributed by atoms with van der Waals surface area (Å²) in [6.07, 6.45) is 1.76. The number of hydrogen-bond donors (Lipinski definition) is 1. The van der Waals surface area contributed by atoms with Gasteiger partial charge in [-0.05, 0) is 50.3 Å². The van der Waals surface area contributed by atoms with Crippen LogP contribution in [0.25, 0.3) is 0 Å². The number of nitro benzene ring substituents is 1. The molecular weight excluding hydrogens is 354 g/mol. The van der Waals surface area contributed by atoms with Crippen LogP contribution < -0.4 is 5.32 Å². The quantitative estimate of drug-likeness (QED) is 0.644. The first kappa shape index (κ1) is 19.1. The molecule has 2 saturated heterocycles. The summed E-state index contributed by atoms with van der Waals surface area (Å²) in [6, 6.07) is 3.01. The Morgan fingerprint density at radius 3 is 2.67 bits per heavy atom. The van der Waals surface area contributed by atoms with E-state index in [2.05, 4.69) is 5.32 Å². The number of hydrogen-bond acceptors (Lipinski definition) is 5. The molecule has 0 radical (unpaired) electrons. The van der Waals surface area contributed by atoms with Crippen LogP contribution in [0.5, 0.6) is 0 Å². The molecule has 0 spiro atoms. The fourth-order valence-corrected chi connectivity index (χ4v) is 5.38. The predicted molar refractivity (Wildman–Crippen MR) is 93.1 cm³/mol. The Labute approximate surface area is 148 Å². The largest absolute Gasteiger partial charge is 0.314 e. The van der Waals surface area contributed by atoms with Gasteiger partial charge in [0.2, 0.25) is 10.0 Å². The Morgan fingerprint density at radius 1 is 1.29 bits per heavy atom. The van der Waals surface area contributed by atoms with Crippen molar-refractivity contribution in [3.63, 3.8) is 0 Å². The second-order valence-electron chi connectivity index (χ2n) is 6.40. The number of sulfonamides is 1. The molecule has 24 heavy (non-hydrogen) atoms. The van der Waals surface area contributed by atoms with Crippen LogP contribution in [0, 0.1) is 29.9 Å². The van der Waals surface area contributed by atoms with Gasteiger partial charge >= 0.3 is 0 Å². The van der Waals surface area contributed by atoms with E-state index in [1.54, 1.807) is 13.8 Å². The number of nitrogens with one attached hydrogen (secondary N) is 1. The number of fused-ring (bicyclic) bond motifs is 1. The molecule has 0 saturated carbocycles. The molecule has 7 nitrogen and oxygen atoms in total. The van der Waals surface area contributed by atoms with Crippen molar-refractivity contribution in [3.05, 3.63) is 33.4 Å². The summed E-state index contributed by atoms with van der Waals surface area (Å²) in [6.45, 7) is 5.28. The predicted octanol–water partition coefficient (Wildman–Crippen LogP) is 2.01. The van der Waals surface area contributed by atoms with Gasteiger partial charge in [-0.2, -0.15) is 4.31 Å². The van der Waals surface area contributed by atoms with Crippen LogP contribution in [0.2, 0.25) is 0 Å². The third kappa shape index (κ3) is 3.28. The molecule has 0 aliphatic carbocycles. The van der Waals surface area contributed by atoms with Gasteiger partial charge in [0, 0.05) is 31.3 Å². The van der Waals surface area contributed by atoms with Gasteiger partial charge in [0.05, 0.1) is 9.82 Å². The Bertz CT molecular complexity index is 753. The zero-order chi connectivity index (χ0) is 16.8. The Hall–Kier alpha value is -1.22. The van der Waals surface area contributed by atoms with Crippen molar-refractivity contribution in [1.82, 2.24) is 9.62 Å². The minimum atomic E-state index is -3.71. The van der Waals surface area contributed by atoms with Gasteiger partial charge in [0.1, 0.15) is 0 Å². The summed E-state index contributed by atoms with van der Waals surface area (Å²) >= 11 is 0. The normalized spacial score (nSPS) is 24.2. The lowest BCUT2D eigenvalue weighted by Gasteiger charge is -2.34. The van der Waals surface area contributed by atoms with Gasteiger partial charge in [0.15, 0.2) is 0 Å². The molecule has 134 valence electrons. The summed E-state index contributed by atoms with van der Waals surface area (Å²) in [5.41, 5.74) is 1.03. The number of nitrogens with zero attached hydrogens (tertiary/aromatic N) is 2. The molecule has 2 fully saturated rings. The lowest BCUT2D eigenvalue weighted by molar-refractivity contribution is -0.385. The van der Waals surface area contributed by atoms with Crippen molar-refractivity contribution in [2.24, 2.45) is 5.92 Å². The van der Waals surface area contributed by atoms with Crippen molar-refractivity contribution in [3.8, 4) is 0 Å². The van der Waals surface area contributed by atoms with Crippen LogP contribution in [0.15, 0.2) is 17.0 Å². The standard InChI is InChI=1S/C15H21N3O4S.ClH/c1-10-7-13(18(19)20)8-15(11(10)2)23(21,22)17-6-4-14-12(9-17)3-5-16-14;/h7-8,12,14,16H,3-6,9H2,1-2H3;1H. The van der Waals surface area contributed by atoms with Crippen LogP contribution in [0.1, 0.15) is 24.0 Å². The van der Waals surface area contributed by atoms with Crippen LogP contribution in [0.3, 0.4) is 0 Å². The van der Waals surface area contributed by atoms with Crippen LogP contribution in [0.4, 0.5) is 5.69 Å². The van der Waals surface area contributed by atoms with E-state index < -0.39 is 14.9 Å². The number of benzene rings is 1. The lowest BCUT2D eigenvalue weighted by Crippen LogP contribution is -2.46. The summed E-state index contributed by atoms with van der Waals surface area (Å²) in [4.78, 5) is 10.6. The minimum absolute atomic E-state index is 0.